The van der Waals surface area contributed by atoms with Crippen molar-refractivity contribution in [3.8, 4) is 17.5 Å². The molecule has 0 radical (unpaired) electrons. The van der Waals surface area contributed by atoms with Gasteiger partial charge in [0.25, 0.3) is 0 Å². The van der Waals surface area contributed by atoms with Crippen molar-refractivity contribution in [2.75, 3.05) is 6.61 Å². The topological polar surface area (TPSA) is 81.3 Å². The monoisotopic (exact) mass is 311 g/mol. The van der Waals surface area contributed by atoms with E-state index in [9.17, 15) is 0 Å². The second kappa shape index (κ2) is 7.02. The van der Waals surface area contributed by atoms with Crippen LogP contribution in [0, 0.1) is 6.92 Å². The fourth-order valence-corrected chi connectivity index (χ4v) is 2.10. The van der Waals surface area contributed by atoms with E-state index in [1.807, 2.05) is 37.3 Å². The van der Waals surface area contributed by atoms with Gasteiger partial charge in [0, 0.05) is 29.9 Å². The van der Waals surface area contributed by atoms with E-state index in [0.29, 0.717) is 24.5 Å². The molecule has 0 spiro atoms. The van der Waals surface area contributed by atoms with Crippen LogP contribution in [0.15, 0.2) is 47.1 Å². The molecule has 0 saturated carbocycles. The number of oxazole rings is 1. The highest BCUT2D eigenvalue weighted by Crippen LogP contribution is 2.21. The lowest BCUT2D eigenvalue weighted by molar-refractivity contribution is 0.276. The highest BCUT2D eigenvalue weighted by molar-refractivity contribution is 5.53. The molecule has 1 N–H and O–H groups in total. The summed E-state index contributed by atoms with van der Waals surface area (Å²) in [6.07, 6.45) is 3.68. The molecule has 2 aromatic heterocycles. The van der Waals surface area contributed by atoms with Crippen LogP contribution in [-0.4, -0.2) is 26.7 Å². The third kappa shape index (κ3) is 3.73. The number of hydrogen-bond acceptors (Lipinski definition) is 6. The van der Waals surface area contributed by atoms with Gasteiger partial charge >= 0.3 is 6.01 Å². The van der Waals surface area contributed by atoms with E-state index >= 15 is 0 Å². The molecule has 0 aliphatic heterocycles. The van der Waals surface area contributed by atoms with Crippen LogP contribution in [0.25, 0.3) is 11.5 Å². The first kappa shape index (κ1) is 15.2. The highest BCUT2D eigenvalue weighted by Gasteiger charge is 2.11. The SMILES string of the molecule is Cc1oc(-c2ccccc2)nc1CCOc1ncc(CO)cn1. The van der Waals surface area contributed by atoms with Gasteiger partial charge in [-0.1, -0.05) is 18.2 Å². The number of aryl methyl sites for hydroxylation is 1. The second-order valence-corrected chi connectivity index (χ2v) is 5.02. The number of rotatable bonds is 6. The minimum Gasteiger partial charge on any atom is -0.463 e. The first-order valence-corrected chi connectivity index (χ1v) is 7.32. The van der Waals surface area contributed by atoms with E-state index < -0.39 is 0 Å². The Morgan fingerprint density at radius 1 is 1.13 bits per heavy atom. The highest BCUT2D eigenvalue weighted by atomic mass is 16.5. The molecule has 2 heterocycles. The van der Waals surface area contributed by atoms with Gasteiger partial charge < -0.3 is 14.3 Å². The number of hydrogen-bond donors (Lipinski definition) is 1. The van der Waals surface area contributed by atoms with Gasteiger partial charge in [0.15, 0.2) is 0 Å². The normalized spacial score (nSPS) is 10.7. The molecule has 0 aliphatic rings. The molecule has 1 aromatic carbocycles. The molecule has 118 valence electrons. The zero-order valence-corrected chi connectivity index (χ0v) is 12.8. The largest absolute Gasteiger partial charge is 0.463 e. The van der Waals surface area contributed by atoms with Crippen molar-refractivity contribution in [1.82, 2.24) is 15.0 Å². The summed E-state index contributed by atoms with van der Waals surface area (Å²) >= 11 is 0. The van der Waals surface area contributed by atoms with Crippen molar-refractivity contribution in [3.63, 3.8) is 0 Å². The Morgan fingerprint density at radius 2 is 1.87 bits per heavy atom. The predicted molar refractivity (Wildman–Crippen MR) is 83.8 cm³/mol. The minimum atomic E-state index is -0.0827. The number of aliphatic hydroxyl groups is 1. The first-order valence-electron chi connectivity index (χ1n) is 7.32. The van der Waals surface area contributed by atoms with Crippen molar-refractivity contribution >= 4 is 0 Å². The number of aliphatic hydroxyl groups excluding tert-OH is 1. The lowest BCUT2D eigenvalue weighted by Gasteiger charge is -2.03. The number of nitrogens with zero attached hydrogens (tertiary/aromatic N) is 3. The van der Waals surface area contributed by atoms with Crippen LogP contribution in [0.1, 0.15) is 17.0 Å². The van der Waals surface area contributed by atoms with Gasteiger partial charge in [0.2, 0.25) is 5.89 Å². The second-order valence-electron chi connectivity index (χ2n) is 5.02. The van der Waals surface area contributed by atoms with Gasteiger partial charge in [0.1, 0.15) is 5.76 Å². The summed E-state index contributed by atoms with van der Waals surface area (Å²) in [5.41, 5.74) is 2.46. The van der Waals surface area contributed by atoms with E-state index in [1.165, 1.54) is 12.4 Å². The van der Waals surface area contributed by atoms with Crippen LogP contribution < -0.4 is 4.74 Å². The Morgan fingerprint density at radius 3 is 2.57 bits per heavy atom. The molecule has 6 heteroatoms. The minimum absolute atomic E-state index is 0.0827. The zero-order chi connectivity index (χ0) is 16.1. The van der Waals surface area contributed by atoms with Crippen molar-refractivity contribution in [3.05, 3.63) is 59.7 Å². The molecule has 6 nitrogen and oxygen atoms in total. The van der Waals surface area contributed by atoms with Gasteiger partial charge in [-0.15, -0.1) is 0 Å². The molecular formula is C17H17N3O3. The summed E-state index contributed by atoms with van der Waals surface area (Å²) in [5.74, 6) is 1.39. The molecule has 0 saturated heterocycles. The van der Waals surface area contributed by atoms with Gasteiger partial charge in [-0.2, -0.15) is 0 Å². The molecule has 0 unspecified atom stereocenters. The Bertz CT molecular complexity index is 755. The van der Waals surface area contributed by atoms with Gasteiger partial charge in [0.05, 0.1) is 18.9 Å². The van der Waals surface area contributed by atoms with Crippen LogP contribution in [0.5, 0.6) is 6.01 Å². The van der Waals surface area contributed by atoms with Crippen molar-refractivity contribution in [2.45, 2.75) is 20.0 Å². The zero-order valence-electron chi connectivity index (χ0n) is 12.8. The first-order chi connectivity index (χ1) is 11.3. The summed E-state index contributed by atoms with van der Waals surface area (Å²) in [7, 11) is 0. The van der Waals surface area contributed by atoms with E-state index in [-0.39, 0.29) is 12.6 Å². The Labute approximate surface area is 133 Å². The standard InChI is InChI=1S/C17H17N3O3/c1-12-15(20-16(23-12)14-5-3-2-4-6-14)7-8-22-17-18-9-13(11-21)10-19-17/h2-6,9-10,21H,7-8,11H2,1H3. The summed E-state index contributed by atoms with van der Waals surface area (Å²) in [4.78, 5) is 12.6. The molecule has 0 atom stereocenters. The van der Waals surface area contributed by atoms with E-state index in [2.05, 4.69) is 15.0 Å². The third-order valence-electron chi connectivity index (χ3n) is 3.35. The number of aromatic nitrogens is 3. The van der Waals surface area contributed by atoms with Crippen LogP contribution in [-0.2, 0) is 13.0 Å². The van der Waals surface area contributed by atoms with E-state index in [4.69, 9.17) is 14.3 Å². The van der Waals surface area contributed by atoms with Crippen LogP contribution in [0.2, 0.25) is 0 Å². The molecule has 0 amide bonds. The quantitative estimate of drug-likeness (QED) is 0.753. The van der Waals surface area contributed by atoms with Gasteiger partial charge in [-0.25, -0.2) is 15.0 Å². The molecule has 3 rings (SSSR count). The maximum atomic E-state index is 8.94. The van der Waals surface area contributed by atoms with Crippen LogP contribution in [0.3, 0.4) is 0 Å². The van der Waals surface area contributed by atoms with E-state index in [0.717, 1.165) is 17.0 Å². The Kier molecular flexibility index (Phi) is 4.63. The summed E-state index contributed by atoms with van der Waals surface area (Å²) in [5, 5.41) is 8.94. The summed E-state index contributed by atoms with van der Waals surface area (Å²) in [6.45, 7) is 2.21. The lowest BCUT2D eigenvalue weighted by Crippen LogP contribution is -2.05. The molecule has 3 aromatic rings. The fourth-order valence-electron chi connectivity index (χ4n) is 2.10. The average Bonchev–Trinajstić information content (AvgIpc) is 2.97. The smallest absolute Gasteiger partial charge is 0.316 e. The number of benzene rings is 1. The van der Waals surface area contributed by atoms with Gasteiger partial charge in [-0.3, -0.25) is 0 Å². The summed E-state index contributed by atoms with van der Waals surface area (Å²) in [6, 6.07) is 10.1. The molecule has 23 heavy (non-hydrogen) atoms. The Hall–Kier alpha value is -2.73. The van der Waals surface area contributed by atoms with Gasteiger partial charge in [-0.05, 0) is 19.1 Å². The predicted octanol–water partition coefficient (Wildman–Crippen LogP) is 2.55. The molecule has 0 bridgehead atoms. The van der Waals surface area contributed by atoms with Crippen molar-refractivity contribution in [2.24, 2.45) is 0 Å². The lowest BCUT2D eigenvalue weighted by atomic mass is 10.2. The maximum absolute atomic E-state index is 8.94. The van der Waals surface area contributed by atoms with E-state index in [1.54, 1.807) is 0 Å². The van der Waals surface area contributed by atoms with Crippen LogP contribution >= 0.6 is 0 Å². The molecule has 0 fully saturated rings. The molecule has 0 aliphatic carbocycles. The Balaban J connectivity index is 1.61. The number of ether oxygens (including phenoxy) is 1. The average molecular weight is 311 g/mol. The van der Waals surface area contributed by atoms with Crippen molar-refractivity contribution < 1.29 is 14.3 Å². The maximum Gasteiger partial charge on any atom is 0.316 e. The summed E-state index contributed by atoms with van der Waals surface area (Å²) < 4.78 is 11.2. The third-order valence-corrected chi connectivity index (χ3v) is 3.35. The van der Waals surface area contributed by atoms with Crippen molar-refractivity contribution in [1.29, 1.82) is 0 Å². The fraction of sp³-hybridized carbons (Fsp3) is 0.235. The van der Waals surface area contributed by atoms with Crippen LogP contribution in [0.4, 0.5) is 0 Å². The molecular weight excluding hydrogens is 294 g/mol.